The molecule has 1 aromatic carbocycles. The van der Waals surface area contributed by atoms with Crippen LogP contribution in [0.25, 0.3) is 10.3 Å². The molecule has 31 heavy (non-hydrogen) atoms. The fourth-order valence-electron chi connectivity index (χ4n) is 3.67. The summed E-state index contributed by atoms with van der Waals surface area (Å²) in [5, 5.41) is 3.85. The largest absolute Gasteiger partial charge is 0.477 e. The molecule has 3 heterocycles. The summed E-state index contributed by atoms with van der Waals surface area (Å²) in [7, 11) is 1.65. The molecule has 0 spiro atoms. The molecule has 0 radical (unpaired) electrons. The normalized spacial score (nSPS) is 16.1. The fraction of sp³-hybridized carbons (Fsp3) is 0.455. The Bertz CT molecular complexity index is 1030. The number of rotatable bonds is 9. The zero-order valence-electron chi connectivity index (χ0n) is 17.8. The Balaban J connectivity index is 1.54. The van der Waals surface area contributed by atoms with E-state index in [0.29, 0.717) is 43.5 Å². The van der Waals surface area contributed by atoms with Crippen LogP contribution in [0.2, 0.25) is 0 Å². The lowest BCUT2D eigenvalue weighted by Gasteiger charge is -2.23. The van der Waals surface area contributed by atoms with Crippen LogP contribution in [0.15, 0.2) is 30.3 Å². The highest BCUT2D eigenvalue weighted by atomic mass is 32.1. The third-order valence-electron chi connectivity index (χ3n) is 5.18. The van der Waals surface area contributed by atoms with Gasteiger partial charge in [0.1, 0.15) is 16.6 Å². The van der Waals surface area contributed by atoms with Crippen LogP contribution in [0.5, 0.6) is 5.88 Å². The number of ether oxygens (including phenoxy) is 2. The second-order valence-electron chi connectivity index (χ2n) is 7.32. The molecule has 0 unspecified atom stereocenters. The van der Waals surface area contributed by atoms with Gasteiger partial charge in [-0.05, 0) is 25.3 Å². The van der Waals surface area contributed by atoms with Crippen LogP contribution < -0.4 is 15.0 Å². The molecule has 1 aliphatic rings. The molecular formula is C22H27N5O3S. The monoisotopic (exact) mass is 441 g/mol. The highest BCUT2D eigenvalue weighted by Gasteiger charge is 2.33. The smallest absolute Gasteiger partial charge is 0.243 e. The van der Waals surface area contributed by atoms with Crippen molar-refractivity contribution in [2.24, 2.45) is 0 Å². The van der Waals surface area contributed by atoms with Crippen LogP contribution in [-0.2, 0) is 22.5 Å². The van der Waals surface area contributed by atoms with Crippen LogP contribution in [0.4, 0.5) is 5.13 Å². The SMILES string of the molecule is CCOc1nc(CCOC)nc2nc(N3CCC[C@@H]3C(=O)NCc3ccccc3)sc12. The summed E-state index contributed by atoms with van der Waals surface area (Å²) < 4.78 is 11.7. The summed E-state index contributed by atoms with van der Waals surface area (Å²) in [6, 6.07) is 9.70. The van der Waals surface area contributed by atoms with Crippen molar-refractivity contribution in [2.75, 3.05) is 31.8 Å². The Morgan fingerprint density at radius 3 is 2.87 bits per heavy atom. The standard InChI is InChI=1S/C22H27N5O3S/c1-3-30-21-18-19(24-17(25-21)11-13-29-2)26-22(31-18)27-12-7-10-16(27)20(28)23-14-15-8-5-4-6-9-15/h4-6,8-9,16H,3,7,10-14H2,1-2H3,(H,23,28)/t16-/m1/s1. The number of carbonyl (C=O) groups is 1. The molecule has 3 aromatic rings. The van der Waals surface area contributed by atoms with Gasteiger partial charge in [-0.25, -0.2) is 4.98 Å². The van der Waals surface area contributed by atoms with Gasteiger partial charge in [0, 0.05) is 26.6 Å². The van der Waals surface area contributed by atoms with E-state index < -0.39 is 0 Å². The Labute approximate surface area is 185 Å². The van der Waals surface area contributed by atoms with E-state index in [4.69, 9.17) is 14.5 Å². The fourth-order valence-corrected chi connectivity index (χ4v) is 4.69. The van der Waals surface area contributed by atoms with Crippen molar-refractivity contribution in [1.82, 2.24) is 20.3 Å². The number of methoxy groups -OCH3 is 1. The van der Waals surface area contributed by atoms with Gasteiger partial charge >= 0.3 is 0 Å². The molecule has 1 aliphatic heterocycles. The lowest BCUT2D eigenvalue weighted by molar-refractivity contribution is -0.122. The maximum Gasteiger partial charge on any atom is 0.243 e. The molecule has 1 N–H and O–H groups in total. The Morgan fingerprint density at radius 1 is 1.26 bits per heavy atom. The number of benzene rings is 1. The van der Waals surface area contributed by atoms with Gasteiger partial charge in [-0.3, -0.25) is 4.79 Å². The van der Waals surface area contributed by atoms with E-state index >= 15 is 0 Å². The number of hydrogen-bond acceptors (Lipinski definition) is 8. The highest BCUT2D eigenvalue weighted by molar-refractivity contribution is 7.22. The topological polar surface area (TPSA) is 89.5 Å². The lowest BCUT2D eigenvalue weighted by atomic mass is 10.2. The first-order valence-corrected chi connectivity index (χ1v) is 11.4. The first-order chi connectivity index (χ1) is 15.2. The summed E-state index contributed by atoms with van der Waals surface area (Å²) in [6.45, 7) is 4.28. The quantitative estimate of drug-likeness (QED) is 0.546. The molecule has 1 fully saturated rings. The summed E-state index contributed by atoms with van der Waals surface area (Å²) >= 11 is 1.48. The molecule has 9 heteroatoms. The van der Waals surface area contributed by atoms with Crippen LogP contribution in [0.3, 0.4) is 0 Å². The predicted octanol–water partition coefficient (Wildman–Crippen LogP) is 2.96. The van der Waals surface area contributed by atoms with E-state index in [1.54, 1.807) is 7.11 Å². The van der Waals surface area contributed by atoms with E-state index in [2.05, 4.69) is 20.2 Å². The maximum atomic E-state index is 12.9. The summed E-state index contributed by atoms with van der Waals surface area (Å²) in [6.07, 6.45) is 2.34. The zero-order valence-corrected chi connectivity index (χ0v) is 18.7. The van der Waals surface area contributed by atoms with E-state index in [9.17, 15) is 4.79 Å². The van der Waals surface area contributed by atoms with Crippen molar-refractivity contribution in [2.45, 2.75) is 38.8 Å². The second-order valence-corrected chi connectivity index (χ2v) is 8.30. The number of thiazole rings is 1. The Hall–Kier alpha value is -2.78. The average molecular weight is 442 g/mol. The van der Waals surface area contributed by atoms with Crippen molar-refractivity contribution < 1.29 is 14.3 Å². The van der Waals surface area contributed by atoms with Gasteiger partial charge in [0.05, 0.1) is 13.2 Å². The average Bonchev–Trinajstić information content (AvgIpc) is 3.44. The zero-order chi connectivity index (χ0) is 21.6. The Kier molecular flexibility index (Phi) is 6.93. The first-order valence-electron chi connectivity index (χ1n) is 10.6. The van der Waals surface area contributed by atoms with E-state index in [-0.39, 0.29) is 11.9 Å². The van der Waals surface area contributed by atoms with Gasteiger partial charge in [-0.2, -0.15) is 9.97 Å². The van der Waals surface area contributed by atoms with Crippen molar-refractivity contribution in [3.8, 4) is 5.88 Å². The van der Waals surface area contributed by atoms with E-state index in [1.807, 2.05) is 37.3 Å². The van der Waals surface area contributed by atoms with E-state index in [0.717, 1.165) is 34.8 Å². The van der Waals surface area contributed by atoms with Crippen molar-refractivity contribution in [3.63, 3.8) is 0 Å². The van der Waals surface area contributed by atoms with Crippen LogP contribution >= 0.6 is 11.3 Å². The summed E-state index contributed by atoms with van der Waals surface area (Å²) in [5.74, 6) is 1.22. The first kappa shape index (κ1) is 21.5. The van der Waals surface area contributed by atoms with Gasteiger partial charge < -0.3 is 19.7 Å². The number of amides is 1. The number of anilines is 1. The van der Waals surface area contributed by atoms with Gasteiger partial charge in [0.25, 0.3) is 0 Å². The molecular weight excluding hydrogens is 414 g/mol. The molecule has 8 nitrogen and oxygen atoms in total. The number of nitrogens with zero attached hydrogens (tertiary/aromatic N) is 4. The number of aromatic nitrogens is 3. The molecule has 1 atom stereocenters. The molecule has 0 aliphatic carbocycles. The van der Waals surface area contributed by atoms with E-state index in [1.165, 1.54) is 11.3 Å². The minimum Gasteiger partial charge on any atom is -0.477 e. The maximum absolute atomic E-state index is 12.9. The molecule has 1 amide bonds. The van der Waals surface area contributed by atoms with Crippen molar-refractivity contribution >= 4 is 32.7 Å². The Morgan fingerprint density at radius 2 is 2.10 bits per heavy atom. The third kappa shape index (κ3) is 4.94. The summed E-state index contributed by atoms with van der Waals surface area (Å²) in [4.78, 5) is 28.9. The minimum atomic E-state index is -0.235. The van der Waals surface area contributed by atoms with Gasteiger partial charge in [-0.1, -0.05) is 41.7 Å². The van der Waals surface area contributed by atoms with Crippen LogP contribution in [0.1, 0.15) is 31.2 Å². The summed E-state index contributed by atoms with van der Waals surface area (Å²) in [5.41, 5.74) is 1.69. The van der Waals surface area contributed by atoms with Crippen molar-refractivity contribution in [3.05, 3.63) is 41.7 Å². The molecule has 2 aromatic heterocycles. The second kappa shape index (κ2) is 10.0. The number of nitrogens with one attached hydrogen (secondary N) is 1. The molecule has 0 saturated carbocycles. The van der Waals surface area contributed by atoms with Crippen molar-refractivity contribution in [1.29, 1.82) is 0 Å². The number of fused-ring (bicyclic) bond motifs is 1. The highest BCUT2D eigenvalue weighted by Crippen LogP contribution is 2.36. The van der Waals surface area contributed by atoms with Gasteiger partial charge in [0.15, 0.2) is 10.8 Å². The third-order valence-corrected chi connectivity index (χ3v) is 6.25. The molecule has 0 bridgehead atoms. The predicted molar refractivity (Wildman–Crippen MR) is 121 cm³/mol. The van der Waals surface area contributed by atoms with Crippen LogP contribution in [0, 0.1) is 0 Å². The molecule has 1 saturated heterocycles. The number of hydrogen-bond donors (Lipinski definition) is 1. The van der Waals surface area contributed by atoms with Gasteiger partial charge in [-0.15, -0.1) is 0 Å². The number of carbonyl (C=O) groups excluding carboxylic acids is 1. The van der Waals surface area contributed by atoms with Gasteiger partial charge in [0.2, 0.25) is 11.8 Å². The minimum absolute atomic E-state index is 0.0255. The lowest BCUT2D eigenvalue weighted by Crippen LogP contribution is -2.43. The molecule has 164 valence electrons. The molecule has 4 rings (SSSR count). The van der Waals surface area contributed by atoms with Crippen LogP contribution in [-0.4, -0.2) is 53.8 Å².